The van der Waals surface area contributed by atoms with Gasteiger partial charge in [-0.1, -0.05) is 113 Å². The van der Waals surface area contributed by atoms with Crippen molar-refractivity contribution in [1.82, 2.24) is 0 Å². The SMILES string of the molecule is CCCCCCCCCC(CCCCCCCC(=O)O)OC(=O)c1c2ccccc2cc2ccccc12. The fraction of sp³-hybridized carbons (Fsp3) is 0.515. The molecule has 0 bridgehead atoms. The number of fused-ring (bicyclic) bond motifs is 2. The van der Waals surface area contributed by atoms with E-state index in [1.54, 1.807) is 0 Å². The van der Waals surface area contributed by atoms with E-state index in [1.165, 1.54) is 38.5 Å². The molecule has 0 aliphatic heterocycles. The highest BCUT2D eigenvalue weighted by Gasteiger charge is 2.20. The van der Waals surface area contributed by atoms with Crippen LogP contribution in [0.25, 0.3) is 21.5 Å². The lowest BCUT2D eigenvalue weighted by Crippen LogP contribution is -2.19. The van der Waals surface area contributed by atoms with Crippen LogP contribution >= 0.6 is 0 Å². The topological polar surface area (TPSA) is 63.6 Å². The first-order chi connectivity index (χ1) is 18.1. The lowest BCUT2D eigenvalue weighted by molar-refractivity contribution is -0.137. The molecule has 0 heterocycles. The van der Waals surface area contributed by atoms with Gasteiger partial charge in [-0.15, -0.1) is 0 Å². The second kappa shape index (κ2) is 16.1. The van der Waals surface area contributed by atoms with Crippen molar-refractivity contribution in [2.24, 2.45) is 0 Å². The van der Waals surface area contributed by atoms with Crippen molar-refractivity contribution >= 4 is 33.5 Å². The van der Waals surface area contributed by atoms with Gasteiger partial charge in [0.2, 0.25) is 0 Å². The van der Waals surface area contributed by atoms with Gasteiger partial charge in [0, 0.05) is 6.42 Å². The highest BCUT2D eigenvalue weighted by Crippen LogP contribution is 2.30. The largest absolute Gasteiger partial charge is 0.481 e. The fourth-order valence-electron chi connectivity index (χ4n) is 5.21. The minimum Gasteiger partial charge on any atom is -0.481 e. The summed E-state index contributed by atoms with van der Waals surface area (Å²) >= 11 is 0. The Morgan fingerprint density at radius 1 is 0.703 bits per heavy atom. The molecule has 0 aliphatic rings. The predicted molar refractivity (Wildman–Crippen MR) is 153 cm³/mol. The zero-order chi connectivity index (χ0) is 26.3. The van der Waals surface area contributed by atoms with Gasteiger partial charge in [-0.05, 0) is 59.7 Å². The third-order valence-electron chi connectivity index (χ3n) is 7.30. The summed E-state index contributed by atoms with van der Waals surface area (Å²) in [6, 6.07) is 18.3. The van der Waals surface area contributed by atoms with E-state index in [1.807, 2.05) is 36.4 Å². The van der Waals surface area contributed by atoms with E-state index in [2.05, 4.69) is 25.1 Å². The van der Waals surface area contributed by atoms with Crippen molar-refractivity contribution in [3.05, 3.63) is 60.2 Å². The lowest BCUT2D eigenvalue weighted by atomic mass is 9.96. The van der Waals surface area contributed by atoms with Crippen LogP contribution in [0.15, 0.2) is 54.6 Å². The van der Waals surface area contributed by atoms with E-state index < -0.39 is 5.97 Å². The maximum atomic E-state index is 13.7. The molecule has 3 rings (SSSR count). The Bertz CT molecular complexity index is 1070. The van der Waals surface area contributed by atoms with Crippen molar-refractivity contribution in [3.8, 4) is 0 Å². The number of unbranched alkanes of at least 4 members (excludes halogenated alkanes) is 10. The number of carbonyl (C=O) groups is 2. The van der Waals surface area contributed by atoms with E-state index in [0.717, 1.165) is 72.9 Å². The quantitative estimate of drug-likeness (QED) is 0.106. The normalized spacial score (nSPS) is 12.1. The molecule has 3 aromatic carbocycles. The van der Waals surface area contributed by atoms with Gasteiger partial charge in [0.25, 0.3) is 0 Å². The standard InChI is InChI=1S/C33H44O4/c1-2-3-4-5-6-8-11-20-28(21-12-9-7-10-13-24-31(34)35)37-33(36)32-29-22-16-14-18-26(29)25-27-19-15-17-23-30(27)32/h14-19,22-23,25,28H,2-13,20-21,24H2,1H3,(H,34,35). The van der Waals surface area contributed by atoms with Crippen LogP contribution in [0.3, 0.4) is 0 Å². The van der Waals surface area contributed by atoms with Crippen LogP contribution in [-0.2, 0) is 9.53 Å². The Balaban J connectivity index is 1.64. The summed E-state index contributed by atoms with van der Waals surface area (Å²) in [5.41, 5.74) is 0.673. The monoisotopic (exact) mass is 504 g/mol. The summed E-state index contributed by atoms with van der Waals surface area (Å²) in [5.74, 6) is -0.940. The molecule has 1 atom stereocenters. The molecule has 0 radical (unpaired) electrons. The Morgan fingerprint density at radius 2 is 1.19 bits per heavy atom. The number of esters is 1. The Morgan fingerprint density at radius 3 is 1.73 bits per heavy atom. The summed E-state index contributed by atoms with van der Waals surface area (Å²) < 4.78 is 6.24. The van der Waals surface area contributed by atoms with Gasteiger partial charge in [-0.25, -0.2) is 4.79 Å². The van der Waals surface area contributed by atoms with Crippen molar-refractivity contribution in [3.63, 3.8) is 0 Å². The first-order valence-electron chi connectivity index (χ1n) is 14.4. The number of carbonyl (C=O) groups excluding carboxylic acids is 1. The third kappa shape index (κ3) is 9.50. The van der Waals surface area contributed by atoms with Gasteiger partial charge in [0.05, 0.1) is 5.56 Å². The molecule has 4 heteroatoms. The first-order valence-corrected chi connectivity index (χ1v) is 14.4. The van der Waals surface area contributed by atoms with Gasteiger partial charge in [-0.2, -0.15) is 0 Å². The summed E-state index contributed by atoms with van der Waals surface area (Å²) in [6.07, 6.45) is 15.4. The molecule has 0 spiro atoms. The molecule has 0 saturated carbocycles. The molecule has 1 unspecified atom stereocenters. The number of ether oxygens (including phenoxy) is 1. The van der Waals surface area contributed by atoms with Crippen molar-refractivity contribution in [1.29, 1.82) is 0 Å². The maximum Gasteiger partial charge on any atom is 0.339 e. The van der Waals surface area contributed by atoms with Crippen LogP contribution < -0.4 is 0 Å². The summed E-state index contributed by atoms with van der Waals surface area (Å²) in [6.45, 7) is 2.24. The third-order valence-corrected chi connectivity index (χ3v) is 7.30. The number of benzene rings is 3. The first kappa shape index (κ1) is 28.7. The van der Waals surface area contributed by atoms with E-state index in [9.17, 15) is 9.59 Å². The van der Waals surface area contributed by atoms with Crippen LogP contribution in [0, 0.1) is 0 Å². The van der Waals surface area contributed by atoms with Gasteiger partial charge >= 0.3 is 11.9 Å². The smallest absolute Gasteiger partial charge is 0.339 e. The van der Waals surface area contributed by atoms with Gasteiger partial charge in [0.1, 0.15) is 6.10 Å². The summed E-state index contributed by atoms with van der Waals surface area (Å²) in [7, 11) is 0. The molecular formula is C33H44O4. The lowest BCUT2D eigenvalue weighted by Gasteiger charge is -2.20. The molecule has 200 valence electrons. The molecule has 0 fully saturated rings. The van der Waals surface area contributed by atoms with Gasteiger partial charge in [-0.3, -0.25) is 4.79 Å². The fourth-order valence-corrected chi connectivity index (χ4v) is 5.21. The number of carboxylic acids is 1. The summed E-state index contributed by atoms with van der Waals surface area (Å²) in [5, 5.41) is 12.8. The van der Waals surface area contributed by atoms with E-state index >= 15 is 0 Å². The number of hydrogen-bond acceptors (Lipinski definition) is 3. The average molecular weight is 505 g/mol. The van der Waals surface area contributed by atoms with Gasteiger partial charge < -0.3 is 9.84 Å². The molecule has 0 aliphatic carbocycles. The average Bonchev–Trinajstić information content (AvgIpc) is 2.90. The molecule has 4 nitrogen and oxygen atoms in total. The Kier molecular flexibility index (Phi) is 12.5. The van der Waals surface area contributed by atoms with E-state index in [0.29, 0.717) is 5.56 Å². The Hall–Kier alpha value is -2.88. The van der Waals surface area contributed by atoms with Gasteiger partial charge in [0.15, 0.2) is 0 Å². The maximum absolute atomic E-state index is 13.7. The number of hydrogen-bond donors (Lipinski definition) is 1. The van der Waals surface area contributed by atoms with Crippen LogP contribution in [0.4, 0.5) is 0 Å². The van der Waals surface area contributed by atoms with Crippen LogP contribution in [-0.4, -0.2) is 23.1 Å². The molecule has 0 amide bonds. The second-order valence-corrected chi connectivity index (χ2v) is 10.3. The highest BCUT2D eigenvalue weighted by atomic mass is 16.5. The minimum absolute atomic E-state index is 0.0834. The molecule has 3 aromatic rings. The summed E-state index contributed by atoms with van der Waals surface area (Å²) in [4.78, 5) is 24.4. The number of carboxylic acid groups (broad SMARTS) is 1. The van der Waals surface area contributed by atoms with Crippen LogP contribution in [0.5, 0.6) is 0 Å². The van der Waals surface area contributed by atoms with E-state index in [-0.39, 0.29) is 18.5 Å². The van der Waals surface area contributed by atoms with Crippen molar-refractivity contribution < 1.29 is 19.4 Å². The molecule has 0 saturated heterocycles. The second-order valence-electron chi connectivity index (χ2n) is 10.3. The molecular weight excluding hydrogens is 460 g/mol. The van der Waals surface area contributed by atoms with E-state index in [4.69, 9.17) is 9.84 Å². The highest BCUT2D eigenvalue weighted by molar-refractivity contribution is 6.16. The van der Waals surface area contributed by atoms with Crippen molar-refractivity contribution in [2.75, 3.05) is 0 Å². The Labute approximate surface area is 222 Å². The predicted octanol–water partition coefficient (Wildman–Crippen LogP) is 9.47. The molecule has 0 aromatic heterocycles. The zero-order valence-corrected chi connectivity index (χ0v) is 22.6. The van der Waals surface area contributed by atoms with Crippen molar-refractivity contribution in [2.45, 2.75) is 109 Å². The minimum atomic E-state index is -0.720. The number of rotatable bonds is 18. The number of aliphatic carboxylic acids is 1. The molecule has 1 N–H and O–H groups in total. The van der Waals surface area contributed by atoms with Crippen LogP contribution in [0.1, 0.15) is 114 Å². The zero-order valence-electron chi connectivity index (χ0n) is 22.6. The van der Waals surface area contributed by atoms with Crippen LogP contribution in [0.2, 0.25) is 0 Å². The molecule has 37 heavy (non-hydrogen) atoms.